The van der Waals surface area contributed by atoms with Crippen LogP contribution in [0.5, 0.6) is 0 Å². The second-order valence-corrected chi connectivity index (χ2v) is 5.25. The molecule has 0 aliphatic heterocycles. The zero-order valence-electron chi connectivity index (χ0n) is 8.25. The van der Waals surface area contributed by atoms with E-state index in [2.05, 4.69) is 0 Å². The Labute approximate surface area is 77.8 Å². The largest absolute Gasteiger partial charge is 0.330 e. The standard InChI is InChI=1S/C8H20N2OS/c1-8(4-5-9)12(11)7-6-10(2)3/h8H,4-7,9H2,1-3H3. The van der Waals surface area contributed by atoms with E-state index in [-0.39, 0.29) is 5.25 Å². The number of rotatable bonds is 6. The molecule has 0 aromatic heterocycles. The molecule has 0 spiro atoms. The molecule has 0 saturated carbocycles. The molecule has 0 aromatic carbocycles. The van der Waals surface area contributed by atoms with Gasteiger partial charge in [0.05, 0.1) is 0 Å². The van der Waals surface area contributed by atoms with E-state index in [0.29, 0.717) is 6.54 Å². The van der Waals surface area contributed by atoms with Crippen molar-refractivity contribution in [1.82, 2.24) is 4.90 Å². The summed E-state index contributed by atoms with van der Waals surface area (Å²) >= 11 is 0. The zero-order valence-corrected chi connectivity index (χ0v) is 9.06. The number of nitrogens with zero attached hydrogens (tertiary/aromatic N) is 1. The molecule has 0 heterocycles. The predicted octanol–water partition coefficient (Wildman–Crippen LogP) is 0.0340. The summed E-state index contributed by atoms with van der Waals surface area (Å²) in [4.78, 5) is 2.05. The first-order valence-corrected chi connectivity index (χ1v) is 5.68. The lowest BCUT2D eigenvalue weighted by Crippen LogP contribution is -2.25. The first-order valence-electron chi connectivity index (χ1n) is 4.30. The maximum absolute atomic E-state index is 11.5. The van der Waals surface area contributed by atoms with E-state index in [1.165, 1.54) is 0 Å². The second-order valence-electron chi connectivity index (χ2n) is 3.28. The van der Waals surface area contributed by atoms with Crippen LogP contribution in [0.25, 0.3) is 0 Å². The molecular weight excluding hydrogens is 172 g/mol. The van der Waals surface area contributed by atoms with Crippen LogP contribution in [0.4, 0.5) is 0 Å². The van der Waals surface area contributed by atoms with Gasteiger partial charge in [-0.05, 0) is 27.1 Å². The predicted molar refractivity (Wildman–Crippen MR) is 54.7 cm³/mol. The Balaban J connectivity index is 3.57. The van der Waals surface area contributed by atoms with Crippen molar-refractivity contribution in [3.63, 3.8) is 0 Å². The van der Waals surface area contributed by atoms with Crippen molar-refractivity contribution in [3.8, 4) is 0 Å². The third-order valence-corrected chi connectivity index (χ3v) is 3.48. The molecule has 0 amide bonds. The van der Waals surface area contributed by atoms with Gasteiger partial charge in [-0.2, -0.15) is 0 Å². The fourth-order valence-corrected chi connectivity index (χ4v) is 2.19. The lowest BCUT2D eigenvalue weighted by atomic mass is 10.3. The Kier molecular flexibility index (Phi) is 6.61. The maximum atomic E-state index is 11.5. The normalized spacial score (nSPS) is 16.4. The summed E-state index contributed by atoms with van der Waals surface area (Å²) in [6.07, 6.45) is 0.861. The van der Waals surface area contributed by atoms with E-state index in [1.807, 2.05) is 25.9 Å². The molecule has 4 heteroatoms. The fourth-order valence-electron chi connectivity index (χ4n) is 0.840. The first-order chi connectivity index (χ1) is 5.57. The molecule has 0 aliphatic rings. The van der Waals surface area contributed by atoms with E-state index >= 15 is 0 Å². The molecular formula is C8H20N2OS. The smallest absolute Gasteiger partial charge is 0.0365 e. The van der Waals surface area contributed by atoms with Crippen molar-refractivity contribution in [3.05, 3.63) is 0 Å². The first kappa shape index (κ1) is 12.1. The van der Waals surface area contributed by atoms with Gasteiger partial charge >= 0.3 is 0 Å². The molecule has 0 rings (SSSR count). The molecule has 0 aromatic rings. The molecule has 0 bridgehead atoms. The topological polar surface area (TPSA) is 46.3 Å². The summed E-state index contributed by atoms with van der Waals surface area (Å²) in [7, 11) is 3.27. The quantitative estimate of drug-likeness (QED) is 0.646. The molecule has 3 nitrogen and oxygen atoms in total. The van der Waals surface area contributed by atoms with Crippen molar-refractivity contribution >= 4 is 10.8 Å². The monoisotopic (exact) mass is 192 g/mol. The Bertz CT molecular complexity index is 139. The highest BCUT2D eigenvalue weighted by atomic mass is 32.2. The highest BCUT2D eigenvalue weighted by molar-refractivity contribution is 7.85. The number of hydrogen-bond acceptors (Lipinski definition) is 3. The van der Waals surface area contributed by atoms with E-state index in [0.717, 1.165) is 18.7 Å². The number of nitrogens with two attached hydrogens (primary N) is 1. The van der Waals surface area contributed by atoms with Gasteiger partial charge in [-0.1, -0.05) is 6.92 Å². The highest BCUT2D eigenvalue weighted by Crippen LogP contribution is 2.00. The van der Waals surface area contributed by atoms with Crippen molar-refractivity contribution in [2.75, 3.05) is 32.9 Å². The van der Waals surface area contributed by atoms with Crippen LogP contribution in [-0.4, -0.2) is 47.3 Å². The van der Waals surface area contributed by atoms with Gasteiger partial charge in [-0.3, -0.25) is 4.21 Å². The lowest BCUT2D eigenvalue weighted by Gasteiger charge is -2.12. The minimum atomic E-state index is -0.707. The molecule has 0 radical (unpaired) electrons. The van der Waals surface area contributed by atoms with Gasteiger partial charge in [0.1, 0.15) is 0 Å². The average Bonchev–Trinajstić information content (AvgIpc) is 2.00. The minimum Gasteiger partial charge on any atom is -0.330 e. The van der Waals surface area contributed by atoms with Crippen molar-refractivity contribution < 1.29 is 4.21 Å². The van der Waals surface area contributed by atoms with Gasteiger partial charge in [0.15, 0.2) is 0 Å². The van der Waals surface area contributed by atoms with Gasteiger partial charge in [0.25, 0.3) is 0 Å². The van der Waals surface area contributed by atoms with Gasteiger partial charge in [-0.25, -0.2) is 0 Å². The van der Waals surface area contributed by atoms with E-state index in [4.69, 9.17) is 5.73 Å². The van der Waals surface area contributed by atoms with Crippen molar-refractivity contribution in [1.29, 1.82) is 0 Å². The summed E-state index contributed by atoms with van der Waals surface area (Å²) in [5.41, 5.74) is 5.38. The van der Waals surface area contributed by atoms with Crippen LogP contribution in [0.15, 0.2) is 0 Å². The molecule has 2 unspecified atom stereocenters. The zero-order chi connectivity index (χ0) is 9.56. The van der Waals surface area contributed by atoms with Crippen LogP contribution in [0.1, 0.15) is 13.3 Å². The third kappa shape index (κ3) is 5.69. The Hall–Kier alpha value is 0.0700. The fraction of sp³-hybridized carbons (Fsp3) is 1.00. The molecule has 0 fully saturated rings. The van der Waals surface area contributed by atoms with Crippen molar-refractivity contribution in [2.24, 2.45) is 5.73 Å². The van der Waals surface area contributed by atoms with Crippen LogP contribution < -0.4 is 5.73 Å². The molecule has 0 aliphatic carbocycles. The second kappa shape index (κ2) is 6.57. The summed E-state index contributed by atoms with van der Waals surface area (Å²) in [6.45, 7) is 3.52. The minimum absolute atomic E-state index is 0.245. The van der Waals surface area contributed by atoms with E-state index in [1.54, 1.807) is 0 Å². The molecule has 74 valence electrons. The van der Waals surface area contributed by atoms with E-state index < -0.39 is 10.8 Å². The maximum Gasteiger partial charge on any atom is 0.0365 e. The van der Waals surface area contributed by atoms with Crippen LogP contribution in [0.3, 0.4) is 0 Å². The van der Waals surface area contributed by atoms with Gasteiger partial charge in [0.2, 0.25) is 0 Å². The lowest BCUT2D eigenvalue weighted by molar-refractivity contribution is 0.435. The number of hydrogen-bond donors (Lipinski definition) is 1. The average molecular weight is 192 g/mol. The van der Waals surface area contributed by atoms with E-state index in [9.17, 15) is 4.21 Å². The Morgan fingerprint density at radius 2 is 2.08 bits per heavy atom. The molecule has 2 N–H and O–H groups in total. The molecule has 2 atom stereocenters. The van der Waals surface area contributed by atoms with Gasteiger partial charge in [0, 0.05) is 28.3 Å². The van der Waals surface area contributed by atoms with Gasteiger partial charge in [-0.15, -0.1) is 0 Å². The summed E-state index contributed by atoms with van der Waals surface area (Å²) in [5, 5.41) is 0.245. The summed E-state index contributed by atoms with van der Waals surface area (Å²) < 4.78 is 11.5. The van der Waals surface area contributed by atoms with Crippen LogP contribution in [-0.2, 0) is 10.8 Å². The Morgan fingerprint density at radius 1 is 1.50 bits per heavy atom. The highest BCUT2D eigenvalue weighted by Gasteiger charge is 2.09. The van der Waals surface area contributed by atoms with Gasteiger partial charge < -0.3 is 10.6 Å². The SMILES string of the molecule is CC(CCN)S(=O)CCN(C)C. The Morgan fingerprint density at radius 3 is 2.50 bits per heavy atom. The van der Waals surface area contributed by atoms with Crippen LogP contribution >= 0.6 is 0 Å². The van der Waals surface area contributed by atoms with Crippen LogP contribution in [0, 0.1) is 0 Å². The van der Waals surface area contributed by atoms with Crippen molar-refractivity contribution in [2.45, 2.75) is 18.6 Å². The third-order valence-electron chi connectivity index (χ3n) is 1.76. The summed E-state index contributed by atoms with van der Waals surface area (Å²) in [5.74, 6) is 0.758. The molecule has 12 heavy (non-hydrogen) atoms. The summed E-state index contributed by atoms with van der Waals surface area (Å²) in [6, 6.07) is 0. The molecule has 0 saturated heterocycles. The van der Waals surface area contributed by atoms with Crippen LogP contribution in [0.2, 0.25) is 0 Å².